The number of nitrogens with zero attached hydrogens (tertiary/aromatic N) is 3. The number of nitrogens with one attached hydrogen (secondary N) is 2. The second-order valence-electron chi connectivity index (χ2n) is 7.59. The Labute approximate surface area is 187 Å². The quantitative estimate of drug-likeness (QED) is 0.439. The van der Waals surface area contributed by atoms with E-state index in [1.165, 1.54) is 29.3 Å². The van der Waals surface area contributed by atoms with Crippen LogP contribution in [0.4, 0.5) is 15.8 Å². The van der Waals surface area contributed by atoms with Crippen molar-refractivity contribution in [2.45, 2.75) is 12.5 Å². The highest BCUT2D eigenvalue weighted by Crippen LogP contribution is 2.29. The zero-order valence-electron chi connectivity index (χ0n) is 17.3. The topological polar surface area (TPSA) is 116 Å². The number of nitrogens with two attached hydrogens (primary N) is 1. The van der Waals surface area contributed by atoms with Gasteiger partial charge in [-0.3, -0.25) is 14.6 Å². The van der Waals surface area contributed by atoms with Gasteiger partial charge >= 0.3 is 0 Å². The number of benzene rings is 3. The van der Waals surface area contributed by atoms with Gasteiger partial charge in [-0.05, 0) is 48.5 Å². The number of amides is 2. The number of anilines is 2. The van der Waals surface area contributed by atoms with Crippen molar-refractivity contribution in [1.82, 2.24) is 9.97 Å². The van der Waals surface area contributed by atoms with E-state index in [-0.39, 0.29) is 12.1 Å². The number of hydrogen-bond acceptors (Lipinski definition) is 5. The second kappa shape index (κ2) is 8.19. The highest BCUT2D eigenvalue weighted by atomic mass is 19.1. The summed E-state index contributed by atoms with van der Waals surface area (Å²) in [6.45, 7) is 0. The van der Waals surface area contributed by atoms with E-state index < -0.39 is 23.7 Å². The van der Waals surface area contributed by atoms with E-state index in [4.69, 9.17) is 5.73 Å². The van der Waals surface area contributed by atoms with Crippen LogP contribution in [0.1, 0.15) is 6.42 Å². The van der Waals surface area contributed by atoms with Gasteiger partial charge in [-0.2, -0.15) is 5.10 Å². The molecule has 0 bridgehead atoms. The van der Waals surface area contributed by atoms with Crippen molar-refractivity contribution in [2.75, 3.05) is 10.3 Å². The van der Waals surface area contributed by atoms with Crippen molar-refractivity contribution in [3.8, 4) is 11.4 Å². The maximum absolute atomic E-state index is 13.3. The summed E-state index contributed by atoms with van der Waals surface area (Å²) in [6, 6.07) is 19.5. The smallest absolute Gasteiger partial charge is 0.271 e. The van der Waals surface area contributed by atoms with Crippen molar-refractivity contribution in [1.29, 1.82) is 0 Å². The normalized spacial score (nSPS) is 15.5. The SMILES string of the molecule is NC(=O)C1CC(C(=O)Nc2ccccc2-c2nc3ccccc3[nH]2)=NN1c1ccc(F)cc1. The third-order valence-electron chi connectivity index (χ3n) is 5.41. The van der Waals surface area contributed by atoms with Crippen LogP contribution in [0, 0.1) is 5.82 Å². The molecule has 0 fully saturated rings. The van der Waals surface area contributed by atoms with E-state index in [2.05, 4.69) is 20.4 Å². The van der Waals surface area contributed by atoms with Gasteiger partial charge in [0.05, 0.1) is 22.4 Å². The molecule has 164 valence electrons. The van der Waals surface area contributed by atoms with Gasteiger partial charge in [-0.1, -0.05) is 24.3 Å². The molecule has 4 N–H and O–H groups in total. The number of H-pyrrole nitrogens is 1. The summed E-state index contributed by atoms with van der Waals surface area (Å²) < 4.78 is 13.3. The van der Waals surface area contributed by atoms with Crippen molar-refractivity contribution in [3.05, 3.63) is 78.6 Å². The molecule has 1 atom stereocenters. The molecular formula is C24H19FN6O2. The van der Waals surface area contributed by atoms with E-state index in [9.17, 15) is 14.0 Å². The monoisotopic (exact) mass is 442 g/mol. The van der Waals surface area contributed by atoms with Crippen LogP contribution < -0.4 is 16.1 Å². The minimum atomic E-state index is -0.846. The minimum Gasteiger partial charge on any atom is -0.368 e. The highest BCUT2D eigenvalue weighted by Gasteiger charge is 2.35. The second-order valence-corrected chi connectivity index (χ2v) is 7.59. The van der Waals surface area contributed by atoms with E-state index in [1.54, 1.807) is 12.1 Å². The van der Waals surface area contributed by atoms with E-state index in [0.717, 1.165) is 11.0 Å². The maximum Gasteiger partial charge on any atom is 0.271 e. The Hall–Kier alpha value is -4.53. The van der Waals surface area contributed by atoms with Crippen LogP contribution in [0.15, 0.2) is 77.9 Å². The first-order valence-corrected chi connectivity index (χ1v) is 10.3. The average molecular weight is 442 g/mol. The molecule has 0 radical (unpaired) electrons. The van der Waals surface area contributed by atoms with Crippen molar-refractivity contribution >= 4 is 39.9 Å². The predicted octanol–water partition coefficient (Wildman–Crippen LogP) is 3.43. The molecule has 5 rings (SSSR count). The lowest BCUT2D eigenvalue weighted by Gasteiger charge is -2.20. The number of carbonyl (C=O) groups excluding carboxylic acids is 2. The highest BCUT2D eigenvalue weighted by molar-refractivity contribution is 6.44. The van der Waals surface area contributed by atoms with Crippen LogP contribution >= 0.6 is 0 Å². The summed E-state index contributed by atoms with van der Waals surface area (Å²) in [6.07, 6.45) is 0.0331. The largest absolute Gasteiger partial charge is 0.368 e. The van der Waals surface area contributed by atoms with Gasteiger partial charge in [0.15, 0.2) is 0 Å². The van der Waals surface area contributed by atoms with Crippen LogP contribution in [-0.4, -0.2) is 33.5 Å². The molecule has 3 aromatic carbocycles. The van der Waals surface area contributed by atoms with Crippen LogP contribution in [-0.2, 0) is 9.59 Å². The molecule has 0 saturated heterocycles. The zero-order chi connectivity index (χ0) is 22.9. The number of rotatable bonds is 5. The number of carbonyl (C=O) groups is 2. The Morgan fingerprint density at radius 2 is 1.76 bits per heavy atom. The number of hydrogen-bond donors (Lipinski definition) is 3. The summed E-state index contributed by atoms with van der Waals surface area (Å²) in [7, 11) is 0. The average Bonchev–Trinajstić information content (AvgIpc) is 3.45. The van der Waals surface area contributed by atoms with Gasteiger partial charge in [0.1, 0.15) is 23.4 Å². The summed E-state index contributed by atoms with van der Waals surface area (Å²) in [5.74, 6) is -0.899. The Bertz CT molecular complexity index is 1360. The summed E-state index contributed by atoms with van der Waals surface area (Å²) in [4.78, 5) is 32.9. The molecule has 1 unspecified atom stereocenters. The fraction of sp³-hybridized carbons (Fsp3) is 0.0833. The Morgan fingerprint density at radius 1 is 1.03 bits per heavy atom. The van der Waals surface area contributed by atoms with E-state index in [1.807, 2.05) is 36.4 Å². The van der Waals surface area contributed by atoms with E-state index in [0.29, 0.717) is 22.8 Å². The van der Waals surface area contributed by atoms with Gasteiger partial charge in [0, 0.05) is 12.0 Å². The third-order valence-corrected chi connectivity index (χ3v) is 5.41. The molecule has 0 spiro atoms. The first-order valence-electron chi connectivity index (χ1n) is 10.3. The van der Waals surface area contributed by atoms with Crippen LogP contribution in [0.3, 0.4) is 0 Å². The number of aromatic amines is 1. The van der Waals surface area contributed by atoms with E-state index >= 15 is 0 Å². The van der Waals surface area contributed by atoms with Gasteiger partial charge in [0.25, 0.3) is 5.91 Å². The molecule has 2 heterocycles. The van der Waals surface area contributed by atoms with Crippen molar-refractivity contribution in [3.63, 3.8) is 0 Å². The number of para-hydroxylation sites is 3. The fourth-order valence-electron chi connectivity index (χ4n) is 3.77. The number of primary amides is 1. The molecule has 33 heavy (non-hydrogen) atoms. The van der Waals surface area contributed by atoms with Crippen LogP contribution in [0.5, 0.6) is 0 Å². The first kappa shape index (κ1) is 20.4. The molecule has 4 aromatic rings. The maximum atomic E-state index is 13.3. The predicted molar refractivity (Wildman–Crippen MR) is 124 cm³/mol. The lowest BCUT2D eigenvalue weighted by atomic mass is 10.1. The number of aromatic nitrogens is 2. The molecular weight excluding hydrogens is 423 g/mol. The molecule has 0 saturated carbocycles. The number of hydrazone groups is 1. The van der Waals surface area contributed by atoms with Gasteiger partial charge < -0.3 is 16.0 Å². The molecule has 8 nitrogen and oxygen atoms in total. The Kier molecular flexibility index (Phi) is 5.06. The number of imidazole rings is 1. The summed E-state index contributed by atoms with van der Waals surface area (Å²) >= 11 is 0. The molecule has 1 aromatic heterocycles. The zero-order valence-corrected chi connectivity index (χ0v) is 17.3. The summed E-state index contributed by atoms with van der Waals surface area (Å²) in [5, 5.41) is 8.53. The fourth-order valence-corrected chi connectivity index (χ4v) is 3.77. The summed E-state index contributed by atoms with van der Waals surface area (Å²) in [5.41, 5.74) is 9.09. The van der Waals surface area contributed by atoms with Gasteiger partial charge in [0.2, 0.25) is 5.91 Å². The molecule has 2 amide bonds. The molecule has 0 aliphatic carbocycles. The van der Waals surface area contributed by atoms with Crippen molar-refractivity contribution in [2.24, 2.45) is 10.8 Å². The van der Waals surface area contributed by atoms with Crippen LogP contribution in [0.25, 0.3) is 22.4 Å². The standard InChI is InChI=1S/C24H19FN6O2/c25-14-9-11-15(12-10-14)31-21(22(26)32)13-20(30-31)24(33)29-17-6-2-1-5-16(17)23-27-18-7-3-4-8-19(18)28-23/h1-12,21H,13H2,(H2,26,32)(H,27,28)(H,29,33). The minimum absolute atomic E-state index is 0.0331. The molecule has 1 aliphatic heterocycles. The molecule has 9 heteroatoms. The van der Waals surface area contributed by atoms with Crippen LogP contribution in [0.2, 0.25) is 0 Å². The third kappa shape index (κ3) is 3.91. The van der Waals surface area contributed by atoms with Crippen molar-refractivity contribution < 1.29 is 14.0 Å². The first-order chi connectivity index (χ1) is 16.0. The number of fused-ring (bicyclic) bond motifs is 1. The van der Waals surface area contributed by atoms with Gasteiger partial charge in [-0.15, -0.1) is 0 Å². The number of halogens is 1. The molecule has 1 aliphatic rings. The Balaban J connectivity index is 1.43. The van der Waals surface area contributed by atoms with Gasteiger partial charge in [-0.25, -0.2) is 9.37 Å². The lowest BCUT2D eigenvalue weighted by Crippen LogP contribution is -2.39. The lowest BCUT2D eigenvalue weighted by molar-refractivity contribution is -0.119. The Morgan fingerprint density at radius 3 is 2.52 bits per heavy atom.